The summed E-state index contributed by atoms with van der Waals surface area (Å²) in [6, 6.07) is 15.2. The second-order valence-corrected chi connectivity index (χ2v) is 6.58. The Balaban J connectivity index is 1.56. The molecule has 0 bridgehead atoms. The molecule has 0 amide bonds. The molecule has 0 unspecified atom stereocenters. The first-order valence-corrected chi connectivity index (χ1v) is 8.37. The molecule has 23 heavy (non-hydrogen) atoms. The molecule has 1 aliphatic rings. The first-order chi connectivity index (χ1) is 11.1. The quantitative estimate of drug-likeness (QED) is 0.604. The van der Waals surface area contributed by atoms with Gasteiger partial charge in [-0.1, -0.05) is 28.1 Å². The van der Waals surface area contributed by atoms with Crippen LogP contribution in [0.3, 0.4) is 0 Å². The minimum Gasteiger partial charge on any atom is -0.369 e. The number of piperazine rings is 1. The summed E-state index contributed by atoms with van der Waals surface area (Å²) in [6.07, 6.45) is 0. The number of hydrogen-bond donors (Lipinski definition) is 0. The smallest absolute Gasteiger partial charge is 0.269 e. The molecule has 3 rings (SSSR count). The van der Waals surface area contributed by atoms with Crippen LogP contribution in [0.1, 0.15) is 5.56 Å². The van der Waals surface area contributed by atoms with Crippen LogP contribution in [-0.2, 0) is 6.54 Å². The molecule has 6 heteroatoms. The zero-order valence-electron chi connectivity index (χ0n) is 12.7. The van der Waals surface area contributed by atoms with E-state index < -0.39 is 0 Å². The summed E-state index contributed by atoms with van der Waals surface area (Å²) >= 11 is 3.51. The lowest BCUT2D eigenvalue weighted by Gasteiger charge is -2.36. The van der Waals surface area contributed by atoms with E-state index in [-0.39, 0.29) is 10.6 Å². The van der Waals surface area contributed by atoms with Crippen molar-refractivity contribution in [1.82, 2.24) is 4.90 Å². The Hall–Kier alpha value is -1.92. The lowest BCUT2D eigenvalue weighted by atomic mass is 10.2. The van der Waals surface area contributed by atoms with Crippen LogP contribution in [-0.4, -0.2) is 36.0 Å². The van der Waals surface area contributed by atoms with Crippen LogP contribution in [0.2, 0.25) is 0 Å². The van der Waals surface area contributed by atoms with Gasteiger partial charge in [-0.25, -0.2) is 0 Å². The minimum atomic E-state index is -0.361. The average Bonchev–Trinajstić information content (AvgIpc) is 2.56. The van der Waals surface area contributed by atoms with Crippen molar-refractivity contribution in [2.75, 3.05) is 31.1 Å². The Labute approximate surface area is 143 Å². The van der Waals surface area contributed by atoms with Crippen molar-refractivity contribution >= 4 is 27.3 Å². The molecular formula is C17H18BrN3O2. The molecule has 0 spiro atoms. The zero-order valence-corrected chi connectivity index (χ0v) is 14.3. The number of anilines is 1. The third-order valence-electron chi connectivity index (χ3n) is 4.09. The number of halogens is 1. The van der Waals surface area contributed by atoms with Crippen molar-refractivity contribution in [3.63, 3.8) is 0 Å². The highest BCUT2D eigenvalue weighted by Gasteiger charge is 2.18. The predicted octanol–water partition coefficient (Wildman–Crippen LogP) is 3.68. The maximum atomic E-state index is 10.7. The maximum Gasteiger partial charge on any atom is 0.269 e. The van der Waals surface area contributed by atoms with Crippen molar-refractivity contribution < 1.29 is 4.92 Å². The molecule has 1 aliphatic heterocycles. The highest BCUT2D eigenvalue weighted by molar-refractivity contribution is 9.10. The Bertz CT molecular complexity index is 682. The fourth-order valence-electron chi connectivity index (χ4n) is 2.84. The van der Waals surface area contributed by atoms with E-state index in [0.717, 1.165) is 42.9 Å². The second-order valence-electron chi connectivity index (χ2n) is 5.67. The van der Waals surface area contributed by atoms with E-state index in [1.165, 1.54) is 5.56 Å². The number of rotatable bonds is 4. The Morgan fingerprint density at radius 1 is 1.04 bits per heavy atom. The summed E-state index contributed by atoms with van der Waals surface area (Å²) in [5.74, 6) is 0. The van der Waals surface area contributed by atoms with Gasteiger partial charge in [-0.05, 0) is 29.8 Å². The summed E-state index contributed by atoms with van der Waals surface area (Å²) in [7, 11) is 0. The van der Waals surface area contributed by atoms with Gasteiger partial charge in [0.2, 0.25) is 0 Å². The Morgan fingerprint density at radius 2 is 1.74 bits per heavy atom. The van der Waals surface area contributed by atoms with Gasteiger partial charge in [-0.15, -0.1) is 0 Å². The highest BCUT2D eigenvalue weighted by Crippen LogP contribution is 2.21. The van der Waals surface area contributed by atoms with Crippen LogP contribution in [0, 0.1) is 10.1 Å². The zero-order chi connectivity index (χ0) is 16.2. The number of nitrogens with zero attached hydrogens (tertiary/aromatic N) is 3. The van der Waals surface area contributed by atoms with Crippen LogP contribution in [0.5, 0.6) is 0 Å². The predicted molar refractivity (Wildman–Crippen MR) is 94.7 cm³/mol. The third kappa shape index (κ3) is 4.09. The van der Waals surface area contributed by atoms with Gasteiger partial charge in [0.25, 0.3) is 5.69 Å². The summed E-state index contributed by atoms with van der Waals surface area (Å²) < 4.78 is 1.11. The summed E-state index contributed by atoms with van der Waals surface area (Å²) in [5, 5.41) is 10.7. The van der Waals surface area contributed by atoms with Gasteiger partial charge in [-0.3, -0.25) is 15.0 Å². The van der Waals surface area contributed by atoms with Crippen molar-refractivity contribution in [3.05, 3.63) is 68.7 Å². The molecule has 0 aliphatic carbocycles. The van der Waals surface area contributed by atoms with Gasteiger partial charge in [0.15, 0.2) is 0 Å². The number of nitro benzene ring substituents is 1. The van der Waals surface area contributed by atoms with Gasteiger partial charge in [0, 0.05) is 55.0 Å². The summed E-state index contributed by atoms with van der Waals surface area (Å²) in [5.41, 5.74) is 2.50. The fraction of sp³-hybridized carbons (Fsp3) is 0.294. The van der Waals surface area contributed by atoms with Gasteiger partial charge in [-0.2, -0.15) is 0 Å². The lowest BCUT2D eigenvalue weighted by Crippen LogP contribution is -2.45. The monoisotopic (exact) mass is 375 g/mol. The first-order valence-electron chi connectivity index (χ1n) is 7.58. The third-order valence-corrected chi connectivity index (χ3v) is 4.59. The molecule has 120 valence electrons. The van der Waals surface area contributed by atoms with Gasteiger partial charge in [0.1, 0.15) is 0 Å². The topological polar surface area (TPSA) is 49.6 Å². The average molecular weight is 376 g/mol. The van der Waals surface area contributed by atoms with Crippen molar-refractivity contribution in [2.45, 2.75) is 6.54 Å². The van der Waals surface area contributed by atoms with Crippen LogP contribution >= 0.6 is 15.9 Å². The molecule has 0 saturated carbocycles. The molecule has 0 atom stereocenters. The van der Waals surface area contributed by atoms with Gasteiger partial charge < -0.3 is 4.90 Å². The Morgan fingerprint density at radius 3 is 2.35 bits per heavy atom. The molecular weight excluding hydrogens is 358 g/mol. The largest absolute Gasteiger partial charge is 0.369 e. The summed E-state index contributed by atoms with van der Waals surface area (Å²) in [4.78, 5) is 15.1. The maximum absolute atomic E-state index is 10.7. The van der Waals surface area contributed by atoms with Gasteiger partial charge in [0.05, 0.1) is 4.92 Å². The molecule has 1 heterocycles. The molecule has 0 aromatic heterocycles. The van der Waals surface area contributed by atoms with Crippen molar-refractivity contribution in [2.24, 2.45) is 0 Å². The number of hydrogen-bond acceptors (Lipinski definition) is 4. The summed E-state index contributed by atoms with van der Waals surface area (Å²) in [6.45, 7) is 4.80. The van der Waals surface area contributed by atoms with Crippen LogP contribution in [0.4, 0.5) is 11.4 Å². The second kappa shape index (κ2) is 7.10. The number of non-ortho nitro benzene ring substituents is 1. The van der Waals surface area contributed by atoms with E-state index in [1.807, 2.05) is 18.2 Å². The SMILES string of the molecule is O=[N+]([O-])c1ccc(N2CCN(Cc3cccc(Br)c3)CC2)cc1. The van der Waals surface area contributed by atoms with Crippen molar-refractivity contribution in [1.29, 1.82) is 0 Å². The molecule has 2 aromatic rings. The van der Waals surface area contributed by atoms with Crippen LogP contribution in [0.25, 0.3) is 0 Å². The van der Waals surface area contributed by atoms with Gasteiger partial charge >= 0.3 is 0 Å². The molecule has 1 fully saturated rings. The lowest BCUT2D eigenvalue weighted by molar-refractivity contribution is -0.384. The molecule has 5 nitrogen and oxygen atoms in total. The Kier molecular flexibility index (Phi) is 4.93. The molecule has 0 N–H and O–H groups in total. The fourth-order valence-corrected chi connectivity index (χ4v) is 3.29. The minimum absolute atomic E-state index is 0.141. The highest BCUT2D eigenvalue weighted by atomic mass is 79.9. The number of benzene rings is 2. The normalized spacial score (nSPS) is 15.6. The van der Waals surface area contributed by atoms with E-state index in [4.69, 9.17) is 0 Å². The van der Waals surface area contributed by atoms with E-state index >= 15 is 0 Å². The van der Waals surface area contributed by atoms with Crippen molar-refractivity contribution in [3.8, 4) is 0 Å². The molecule has 1 saturated heterocycles. The number of nitro groups is 1. The standard InChI is InChI=1S/C17H18BrN3O2/c18-15-3-1-2-14(12-15)13-19-8-10-20(11-9-19)16-4-6-17(7-5-16)21(22)23/h1-7,12H,8-11,13H2. The van der Waals surface area contributed by atoms with E-state index in [1.54, 1.807) is 12.1 Å². The van der Waals surface area contributed by atoms with Crippen LogP contribution < -0.4 is 4.90 Å². The first kappa shape index (κ1) is 16.0. The molecule has 0 radical (unpaired) electrons. The van der Waals surface area contributed by atoms with E-state index in [0.29, 0.717) is 0 Å². The van der Waals surface area contributed by atoms with E-state index in [2.05, 4.69) is 43.9 Å². The van der Waals surface area contributed by atoms with E-state index in [9.17, 15) is 10.1 Å². The molecule has 2 aromatic carbocycles. The van der Waals surface area contributed by atoms with Crippen LogP contribution in [0.15, 0.2) is 53.0 Å².